The molecule has 0 aliphatic carbocycles. The predicted octanol–water partition coefficient (Wildman–Crippen LogP) is 2.70. The molecule has 3 aromatic rings. The number of aromatic amines is 1. The van der Waals surface area contributed by atoms with Crippen molar-refractivity contribution >= 4 is 16.8 Å². The van der Waals surface area contributed by atoms with Gasteiger partial charge in [-0.3, -0.25) is 4.40 Å². The third-order valence-electron chi connectivity index (χ3n) is 3.58. The summed E-state index contributed by atoms with van der Waals surface area (Å²) in [6.45, 7) is 5.39. The molecule has 2 N–H and O–H groups in total. The van der Waals surface area contributed by atoms with Gasteiger partial charge in [-0.05, 0) is 30.7 Å². The highest BCUT2D eigenvalue weighted by Crippen LogP contribution is 2.22. The summed E-state index contributed by atoms with van der Waals surface area (Å²) in [4.78, 5) is 8.05. The smallest absolute Gasteiger partial charge is 0.212 e. The van der Waals surface area contributed by atoms with E-state index in [2.05, 4.69) is 57.9 Å². The number of nitrogens with zero attached hydrogens (tertiary/aromatic N) is 2. The summed E-state index contributed by atoms with van der Waals surface area (Å²) < 4.78 is 2.14. The Bertz CT molecular complexity index is 705. The Kier molecular flexibility index (Phi) is 3.03. The number of rotatable bonds is 4. The summed E-state index contributed by atoms with van der Waals surface area (Å²) in [7, 11) is 1.97. The summed E-state index contributed by atoms with van der Waals surface area (Å²) in [6, 6.07) is 6.55. The Morgan fingerprint density at radius 2 is 2.21 bits per heavy atom. The molecule has 0 saturated heterocycles. The van der Waals surface area contributed by atoms with Gasteiger partial charge in [-0.25, -0.2) is 4.98 Å². The molecule has 0 saturated carbocycles. The first-order chi connectivity index (χ1) is 9.19. The van der Waals surface area contributed by atoms with E-state index < -0.39 is 0 Å². The van der Waals surface area contributed by atoms with Gasteiger partial charge in [-0.2, -0.15) is 0 Å². The molecular formula is C15H20N4. The second-order valence-electron chi connectivity index (χ2n) is 5.34. The molecular weight excluding hydrogens is 236 g/mol. The Hall–Kier alpha value is -1.81. The minimum absolute atomic E-state index is 0.538. The minimum Gasteiger partial charge on any atom is -0.327 e. The van der Waals surface area contributed by atoms with Crippen LogP contribution in [0.25, 0.3) is 16.8 Å². The van der Waals surface area contributed by atoms with Gasteiger partial charge in [0.2, 0.25) is 5.78 Å². The maximum atomic E-state index is 4.67. The van der Waals surface area contributed by atoms with Gasteiger partial charge in [-0.1, -0.05) is 19.9 Å². The zero-order chi connectivity index (χ0) is 13.4. The van der Waals surface area contributed by atoms with Gasteiger partial charge in [0.25, 0.3) is 0 Å². The second kappa shape index (κ2) is 4.70. The molecule has 3 rings (SSSR count). The molecule has 0 radical (unpaired) electrons. The van der Waals surface area contributed by atoms with Crippen molar-refractivity contribution in [2.24, 2.45) is 0 Å². The average Bonchev–Trinajstić information content (AvgIpc) is 2.92. The maximum Gasteiger partial charge on any atom is 0.212 e. The summed E-state index contributed by atoms with van der Waals surface area (Å²) in [5.74, 6) is 1.47. The Labute approximate surface area is 112 Å². The number of hydrogen-bond donors (Lipinski definition) is 2. The fourth-order valence-electron chi connectivity index (χ4n) is 2.41. The SMILES string of the molecule is CNCCc1cn2c(nc3cc(C(C)C)ccc32)[nH]1. The van der Waals surface area contributed by atoms with Crippen molar-refractivity contribution in [2.45, 2.75) is 26.2 Å². The first-order valence-corrected chi connectivity index (χ1v) is 6.83. The molecule has 0 amide bonds. The average molecular weight is 256 g/mol. The van der Waals surface area contributed by atoms with Crippen LogP contribution in [0.2, 0.25) is 0 Å². The van der Waals surface area contributed by atoms with E-state index in [9.17, 15) is 0 Å². The van der Waals surface area contributed by atoms with E-state index in [0.717, 1.165) is 24.3 Å². The van der Waals surface area contributed by atoms with Gasteiger partial charge in [0, 0.05) is 24.9 Å². The summed E-state index contributed by atoms with van der Waals surface area (Å²) >= 11 is 0. The number of nitrogens with one attached hydrogen (secondary N) is 2. The number of fused-ring (bicyclic) bond motifs is 3. The molecule has 0 aliphatic rings. The molecule has 19 heavy (non-hydrogen) atoms. The monoisotopic (exact) mass is 256 g/mol. The third kappa shape index (κ3) is 2.12. The maximum absolute atomic E-state index is 4.67. The molecule has 100 valence electrons. The van der Waals surface area contributed by atoms with Gasteiger partial charge in [-0.15, -0.1) is 0 Å². The van der Waals surface area contributed by atoms with Gasteiger partial charge in [0.1, 0.15) is 0 Å². The zero-order valence-corrected chi connectivity index (χ0v) is 11.7. The van der Waals surface area contributed by atoms with Crippen LogP contribution in [-0.4, -0.2) is 28.0 Å². The molecule has 0 bridgehead atoms. The molecule has 0 spiro atoms. The van der Waals surface area contributed by atoms with E-state index in [4.69, 9.17) is 0 Å². The molecule has 0 aliphatic heterocycles. The Morgan fingerprint density at radius 1 is 1.37 bits per heavy atom. The van der Waals surface area contributed by atoms with E-state index in [-0.39, 0.29) is 0 Å². The van der Waals surface area contributed by atoms with E-state index in [1.807, 2.05) is 7.05 Å². The lowest BCUT2D eigenvalue weighted by atomic mass is 10.0. The molecule has 4 nitrogen and oxygen atoms in total. The van der Waals surface area contributed by atoms with Crippen molar-refractivity contribution < 1.29 is 0 Å². The first kappa shape index (κ1) is 12.2. The minimum atomic E-state index is 0.538. The van der Waals surface area contributed by atoms with Gasteiger partial charge >= 0.3 is 0 Å². The first-order valence-electron chi connectivity index (χ1n) is 6.83. The number of hydrogen-bond acceptors (Lipinski definition) is 2. The summed E-state index contributed by atoms with van der Waals surface area (Å²) in [5.41, 5.74) is 4.79. The molecule has 2 heterocycles. The lowest BCUT2D eigenvalue weighted by Crippen LogP contribution is -2.10. The van der Waals surface area contributed by atoms with Crippen molar-refractivity contribution in [1.82, 2.24) is 19.7 Å². The van der Waals surface area contributed by atoms with Crippen LogP contribution in [-0.2, 0) is 6.42 Å². The fraction of sp³-hybridized carbons (Fsp3) is 0.400. The van der Waals surface area contributed by atoms with Crippen molar-refractivity contribution in [2.75, 3.05) is 13.6 Å². The van der Waals surface area contributed by atoms with Crippen molar-refractivity contribution in [3.63, 3.8) is 0 Å². The number of imidazole rings is 2. The number of aromatic nitrogens is 3. The van der Waals surface area contributed by atoms with Gasteiger partial charge in [0.15, 0.2) is 0 Å². The Balaban J connectivity index is 2.06. The number of H-pyrrole nitrogens is 1. The lowest BCUT2D eigenvalue weighted by molar-refractivity contribution is 0.780. The van der Waals surface area contributed by atoms with Crippen LogP contribution in [0, 0.1) is 0 Å². The quantitative estimate of drug-likeness (QED) is 0.754. The molecule has 0 atom stereocenters. The van der Waals surface area contributed by atoms with Crippen LogP contribution in [0.3, 0.4) is 0 Å². The second-order valence-corrected chi connectivity index (χ2v) is 5.34. The molecule has 1 aromatic carbocycles. The van der Waals surface area contributed by atoms with Crippen LogP contribution in [0.5, 0.6) is 0 Å². The number of benzene rings is 1. The highest BCUT2D eigenvalue weighted by molar-refractivity contribution is 5.80. The van der Waals surface area contributed by atoms with E-state index >= 15 is 0 Å². The molecule has 4 heteroatoms. The topological polar surface area (TPSA) is 45.1 Å². The standard InChI is InChI=1S/C15H20N4/c1-10(2)11-4-5-14-13(8-11)18-15-17-12(6-7-16-3)9-19(14)15/h4-5,8-10,16H,6-7H2,1-3H3,(H,17,18). The van der Waals surface area contributed by atoms with Crippen LogP contribution in [0.4, 0.5) is 0 Å². The summed E-state index contributed by atoms with van der Waals surface area (Å²) in [5, 5.41) is 3.16. The van der Waals surface area contributed by atoms with Crippen LogP contribution in [0.1, 0.15) is 31.0 Å². The van der Waals surface area contributed by atoms with Crippen LogP contribution < -0.4 is 5.32 Å². The lowest BCUT2D eigenvalue weighted by Gasteiger charge is -2.03. The van der Waals surface area contributed by atoms with Crippen LogP contribution >= 0.6 is 0 Å². The summed E-state index contributed by atoms with van der Waals surface area (Å²) in [6.07, 6.45) is 3.14. The van der Waals surface area contributed by atoms with Gasteiger partial charge < -0.3 is 10.3 Å². The van der Waals surface area contributed by atoms with E-state index in [0.29, 0.717) is 5.92 Å². The highest BCUT2D eigenvalue weighted by Gasteiger charge is 2.09. The van der Waals surface area contributed by atoms with Crippen molar-refractivity contribution in [3.8, 4) is 0 Å². The van der Waals surface area contributed by atoms with Gasteiger partial charge in [0.05, 0.1) is 11.0 Å². The Morgan fingerprint density at radius 3 is 2.95 bits per heavy atom. The van der Waals surface area contributed by atoms with Crippen molar-refractivity contribution in [1.29, 1.82) is 0 Å². The zero-order valence-electron chi connectivity index (χ0n) is 11.7. The number of likely N-dealkylation sites (N-methyl/N-ethyl adjacent to an activating group) is 1. The molecule has 2 aromatic heterocycles. The highest BCUT2D eigenvalue weighted by atomic mass is 15.1. The fourth-order valence-corrected chi connectivity index (χ4v) is 2.41. The largest absolute Gasteiger partial charge is 0.327 e. The molecule has 0 fully saturated rings. The van der Waals surface area contributed by atoms with Crippen LogP contribution in [0.15, 0.2) is 24.4 Å². The van der Waals surface area contributed by atoms with E-state index in [1.165, 1.54) is 16.8 Å². The van der Waals surface area contributed by atoms with Crippen molar-refractivity contribution in [3.05, 3.63) is 35.7 Å². The van der Waals surface area contributed by atoms with E-state index in [1.54, 1.807) is 0 Å². The normalized spacial score (nSPS) is 12.0. The predicted molar refractivity (Wildman–Crippen MR) is 78.8 cm³/mol. The third-order valence-corrected chi connectivity index (χ3v) is 3.58. The molecule has 0 unspecified atom stereocenters.